The lowest BCUT2D eigenvalue weighted by atomic mass is 9.92. The van der Waals surface area contributed by atoms with Gasteiger partial charge in [0, 0.05) is 29.0 Å². The summed E-state index contributed by atoms with van der Waals surface area (Å²) in [6.45, 7) is 5.20. The highest BCUT2D eigenvalue weighted by molar-refractivity contribution is 5.87. The number of nitrogens with one attached hydrogen (secondary N) is 1. The number of nitrogens with zero attached hydrogens (tertiary/aromatic N) is 1. The summed E-state index contributed by atoms with van der Waals surface area (Å²) in [7, 11) is 0. The van der Waals surface area contributed by atoms with Crippen LogP contribution in [0.4, 0.5) is 8.78 Å². The number of benzene rings is 4. The largest absolute Gasteiger partial charge is 0.466 e. The number of halogens is 2. The minimum absolute atomic E-state index is 0.0386. The van der Waals surface area contributed by atoms with Crippen molar-refractivity contribution < 1.29 is 27.8 Å². The summed E-state index contributed by atoms with van der Waals surface area (Å²) in [5.41, 5.74) is 1.71. The van der Waals surface area contributed by atoms with Gasteiger partial charge in [0.2, 0.25) is 5.91 Å². The molecule has 0 aliphatic carbocycles. The molecule has 4 bridgehead atoms. The number of ether oxygens (including phenoxy) is 2. The predicted molar refractivity (Wildman–Crippen MR) is 166 cm³/mol. The van der Waals surface area contributed by atoms with Crippen molar-refractivity contribution in [3.8, 4) is 22.6 Å². The summed E-state index contributed by atoms with van der Waals surface area (Å²) < 4.78 is 44.3. The fourth-order valence-electron chi connectivity index (χ4n) is 5.89. The number of hydrogen-bond donors (Lipinski definition) is 1. The topological polar surface area (TPSA) is 86.6 Å². The average molecular weight is 609 g/mol. The fourth-order valence-corrected chi connectivity index (χ4v) is 5.89. The Morgan fingerprint density at radius 2 is 1.69 bits per heavy atom. The Kier molecular flexibility index (Phi) is 7.93. The number of amides is 1. The first-order chi connectivity index (χ1) is 21.6. The number of hydrogen-bond acceptors (Lipinski definition) is 5. The van der Waals surface area contributed by atoms with Crippen LogP contribution in [0.1, 0.15) is 47.7 Å². The first-order valence-corrected chi connectivity index (χ1v) is 14.6. The number of esters is 1. The standard InChI is InChI=1S/C36H30F2N2O5/c1-4-44-32(42)18-29-27-15-24(14-21(3)34(27)38)33-20(2)8-7-11-30(33)45-25-12-13-28(37)26(17-25)35(36(43)39-29)40-19-23-10-6-5-9-22(23)16-31(40)41/h5-17,19,29,35H,4,18H2,1-3H3,(H,39,43)/t29-,35-/m0/s1. The normalized spacial score (nSPS) is 16.0. The third-order valence-corrected chi connectivity index (χ3v) is 8.00. The Morgan fingerprint density at radius 3 is 2.47 bits per heavy atom. The van der Waals surface area contributed by atoms with E-state index in [1.807, 2.05) is 13.0 Å². The molecule has 1 aromatic heterocycles. The van der Waals surface area contributed by atoms with Crippen molar-refractivity contribution in [1.29, 1.82) is 0 Å². The zero-order valence-corrected chi connectivity index (χ0v) is 24.9. The Morgan fingerprint density at radius 1 is 0.911 bits per heavy atom. The van der Waals surface area contributed by atoms with Crippen molar-refractivity contribution in [2.75, 3.05) is 6.61 Å². The summed E-state index contributed by atoms with van der Waals surface area (Å²) in [4.78, 5) is 40.6. The predicted octanol–water partition coefficient (Wildman–Crippen LogP) is 7.07. The monoisotopic (exact) mass is 608 g/mol. The molecule has 0 fully saturated rings. The molecule has 1 aliphatic heterocycles. The lowest BCUT2D eigenvalue weighted by molar-refractivity contribution is -0.143. The maximum atomic E-state index is 16.0. The van der Waals surface area contributed by atoms with E-state index in [9.17, 15) is 14.4 Å². The zero-order valence-electron chi connectivity index (χ0n) is 24.9. The van der Waals surface area contributed by atoms with Gasteiger partial charge in [-0.15, -0.1) is 0 Å². The van der Waals surface area contributed by atoms with E-state index in [4.69, 9.17) is 9.47 Å². The molecule has 45 heavy (non-hydrogen) atoms. The van der Waals surface area contributed by atoms with Crippen LogP contribution in [0.5, 0.6) is 11.5 Å². The Balaban J connectivity index is 1.64. The van der Waals surface area contributed by atoms with E-state index < -0.39 is 47.6 Å². The van der Waals surface area contributed by atoms with Crippen molar-refractivity contribution in [2.24, 2.45) is 0 Å². The molecule has 0 unspecified atom stereocenters. The average Bonchev–Trinajstić information content (AvgIpc) is 3.00. The Hall–Kier alpha value is -5.31. The highest BCUT2D eigenvalue weighted by atomic mass is 19.1. The molecule has 5 aromatic rings. The number of carbonyl (C=O) groups is 2. The van der Waals surface area contributed by atoms with Crippen LogP contribution in [0.3, 0.4) is 0 Å². The van der Waals surface area contributed by atoms with E-state index >= 15 is 8.78 Å². The first-order valence-electron chi connectivity index (χ1n) is 14.6. The molecule has 0 radical (unpaired) electrons. The van der Waals surface area contributed by atoms with Gasteiger partial charge in [0.25, 0.3) is 5.56 Å². The summed E-state index contributed by atoms with van der Waals surface area (Å²) in [5.74, 6) is -2.22. The van der Waals surface area contributed by atoms with Crippen LogP contribution in [0.15, 0.2) is 89.9 Å². The number of fused-ring (bicyclic) bond motifs is 7. The van der Waals surface area contributed by atoms with Crippen molar-refractivity contribution in [3.05, 3.63) is 129 Å². The van der Waals surface area contributed by atoms with Crippen LogP contribution in [-0.4, -0.2) is 23.1 Å². The molecule has 0 saturated carbocycles. The molecular formula is C36H30F2N2O5. The lowest BCUT2D eigenvalue weighted by Crippen LogP contribution is -2.40. The van der Waals surface area contributed by atoms with Gasteiger partial charge in [0.1, 0.15) is 29.2 Å². The van der Waals surface area contributed by atoms with E-state index in [1.54, 1.807) is 62.4 Å². The lowest BCUT2D eigenvalue weighted by Gasteiger charge is -2.26. The fraction of sp³-hybridized carbons (Fsp3) is 0.194. The van der Waals surface area contributed by atoms with Gasteiger partial charge in [-0.2, -0.15) is 0 Å². The maximum Gasteiger partial charge on any atom is 0.308 e. The molecule has 4 aromatic carbocycles. The molecule has 2 heterocycles. The molecule has 9 heteroatoms. The van der Waals surface area contributed by atoms with Crippen LogP contribution < -0.4 is 15.6 Å². The minimum atomic E-state index is -1.54. The third kappa shape index (κ3) is 5.69. The minimum Gasteiger partial charge on any atom is -0.466 e. The Bertz CT molecular complexity index is 2040. The highest BCUT2D eigenvalue weighted by Gasteiger charge is 2.32. The van der Waals surface area contributed by atoms with Gasteiger partial charge in [-0.1, -0.05) is 36.4 Å². The van der Waals surface area contributed by atoms with Gasteiger partial charge in [-0.05, 0) is 84.6 Å². The second kappa shape index (κ2) is 12.0. The van der Waals surface area contributed by atoms with Crippen LogP contribution in [0.25, 0.3) is 21.9 Å². The van der Waals surface area contributed by atoms with Crippen LogP contribution in [0, 0.1) is 25.5 Å². The first kappa shape index (κ1) is 29.7. The number of carbonyl (C=O) groups excluding carboxylic acids is 2. The number of aromatic nitrogens is 1. The molecule has 228 valence electrons. The number of aryl methyl sites for hydroxylation is 2. The molecule has 2 atom stereocenters. The van der Waals surface area contributed by atoms with E-state index in [-0.39, 0.29) is 29.0 Å². The quantitative estimate of drug-likeness (QED) is 0.221. The van der Waals surface area contributed by atoms with Gasteiger partial charge in [0.15, 0.2) is 0 Å². The summed E-state index contributed by atoms with van der Waals surface area (Å²) in [5, 5.41) is 4.06. The van der Waals surface area contributed by atoms with E-state index in [0.717, 1.165) is 10.1 Å². The smallest absolute Gasteiger partial charge is 0.308 e. The van der Waals surface area contributed by atoms with E-state index in [2.05, 4.69) is 5.32 Å². The third-order valence-electron chi connectivity index (χ3n) is 8.00. The Labute approximate surface area is 258 Å². The highest BCUT2D eigenvalue weighted by Crippen LogP contribution is 2.40. The molecular weight excluding hydrogens is 578 g/mol. The SMILES string of the molecule is CCOC(=O)C[C@@H]1NC(=O)[C@@H](n2cc3ccccc3cc2=O)c2cc(ccc2F)Oc2cccc(C)c2-c2cc(C)c(F)c1c2. The van der Waals surface area contributed by atoms with Crippen molar-refractivity contribution in [1.82, 2.24) is 9.88 Å². The molecule has 1 N–H and O–H groups in total. The molecule has 7 nitrogen and oxygen atoms in total. The van der Waals surface area contributed by atoms with Crippen LogP contribution in [-0.2, 0) is 14.3 Å². The molecule has 0 saturated heterocycles. The summed E-state index contributed by atoms with van der Waals surface area (Å²) in [6.07, 6.45) is 1.08. The molecule has 0 spiro atoms. The van der Waals surface area contributed by atoms with Crippen molar-refractivity contribution in [3.63, 3.8) is 0 Å². The van der Waals surface area contributed by atoms with Crippen LogP contribution in [0.2, 0.25) is 0 Å². The van der Waals surface area contributed by atoms with Crippen LogP contribution >= 0.6 is 0 Å². The van der Waals surface area contributed by atoms with Gasteiger partial charge in [-0.25, -0.2) is 8.78 Å². The van der Waals surface area contributed by atoms with E-state index in [1.165, 1.54) is 30.5 Å². The van der Waals surface area contributed by atoms with Gasteiger partial charge in [-0.3, -0.25) is 19.0 Å². The molecule has 1 amide bonds. The second-order valence-corrected chi connectivity index (χ2v) is 11.1. The van der Waals surface area contributed by atoms with Gasteiger partial charge >= 0.3 is 5.97 Å². The van der Waals surface area contributed by atoms with Gasteiger partial charge < -0.3 is 14.8 Å². The van der Waals surface area contributed by atoms with Gasteiger partial charge in [0.05, 0.1) is 19.1 Å². The van der Waals surface area contributed by atoms with E-state index in [0.29, 0.717) is 27.6 Å². The summed E-state index contributed by atoms with van der Waals surface area (Å²) in [6, 6.07) is 18.4. The zero-order chi connectivity index (χ0) is 31.8. The molecule has 1 aliphatic rings. The molecule has 6 rings (SSSR count). The maximum absolute atomic E-state index is 16.0. The van der Waals surface area contributed by atoms with Crippen molar-refractivity contribution in [2.45, 2.75) is 39.3 Å². The second-order valence-electron chi connectivity index (χ2n) is 11.1. The summed E-state index contributed by atoms with van der Waals surface area (Å²) >= 11 is 0. The van der Waals surface area contributed by atoms with Crippen molar-refractivity contribution >= 4 is 22.6 Å². The number of rotatable bonds is 4. The number of pyridine rings is 1.